The van der Waals surface area contributed by atoms with Crippen molar-refractivity contribution in [2.24, 2.45) is 11.8 Å². The number of amides is 2. The lowest BCUT2D eigenvalue weighted by Crippen LogP contribution is -2.36. The van der Waals surface area contributed by atoms with Gasteiger partial charge in [-0.3, -0.25) is 5.32 Å². The highest BCUT2D eigenvalue weighted by Gasteiger charge is 2.44. The number of aromatic amines is 1. The molecule has 0 spiro atoms. The quantitative estimate of drug-likeness (QED) is 0.709. The third-order valence-electron chi connectivity index (χ3n) is 6.06. The van der Waals surface area contributed by atoms with Gasteiger partial charge in [0.1, 0.15) is 17.8 Å². The third kappa shape index (κ3) is 2.99. The van der Waals surface area contributed by atoms with Gasteiger partial charge < -0.3 is 14.8 Å². The van der Waals surface area contributed by atoms with E-state index in [1.807, 2.05) is 24.1 Å². The molecule has 146 valence electrons. The summed E-state index contributed by atoms with van der Waals surface area (Å²) in [5.74, 6) is 2.06. The molecule has 2 fully saturated rings. The average molecular weight is 398 g/mol. The summed E-state index contributed by atoms with van der Waals surface area (Å²) in [5, 5.41) is 4.67. The van der Waals surface area contributed by atoms with Gasteiger partial charge in [-0.25, -0.2) is 19.7 Å². The van der Waals surface area contributed by atoms with Crippen LogP contribution in [0.4, 0.5) is 15.7 Å². The molecule has 3 aromatic heterocycles. The monoisotopic (exact) mass is 397 g/mol. The number of nitrogens with one attached hydrogen (secondary N) is 2. The molecule has 0 radical (unpaired) electrons. The van der Waals surface area contributed by atoms with E-state index in [9.17, 15) is 4.79 Å². The Hall–Kier alpha value is -2.68. The molecular formula is C19H23N7OS. The Bertz CT molecular complexity index is 1000. The molecular weight excluding hydrogens is 374 g/mol. The Morgan fingerprint density at radius 3 is 2.79 bits per heavy atom. The van der Waals surface area contributed by atoms with Crippen molar-refractivity contribution in [3.8, 4) is 0 Å². The molecule has 0 aromatic carbocycles. The van der Waals surface area contributed by atoms with E-state index in [2.05, 4.69) is 37.2 Å². The number of rotatable bonds is 3. The molecule has 9 heteroatoms. The molecule has 8 nitrogen and oxygen atoms in total. The molecule has 1 saturated carbocycles. The van der Waals surface area contributed by atoms with Crippen LogP contribution in [-0.2, 0) is 0 Å². The van der Waals surface area contributed by atoms with Gasteiger partial charge in [-0.15, -0.1) is 11.3 Å². The highest BCUT2D eigenvalue weighted by molar-refractivity contribution is 7.15. The van der Waals surface area contributed by atoms with Crippen molar-refractivity contribution in [2.75, 3.05) is 30.4 Å². The highest BCUT2D eigenvalue weighted by atomic mass is 32.1. The fraction of sp³-hybridized carbons (Fsp3) is 0.474. The number of hydrogen-bond donors (Lipinski definition) is 2. The standard InChI is InChI=1S/C19H23N7OS/c1-11-7-21-18(28-11)24-19(27)26-8-12-5-14(6-13(12)9-26)25(2)17-15-3-4-20-16(15)22-10-23-17/h3-4,7,10,12-14H,5-6,8-9H2,1-2H3,(H,20,22,23)(H,21,24,27)/t12-,13?,14?/m1/s1. The number of nitrogens with zero attached hydrogens (tertiary/aromatic N) is 5. The van der Waals surface area contributed by atoms with Gasteiger partial charge in [0.2, 0.25) is 0 Å². The summed E-state index contributed by atoms with van der Waals surface area (Å²) in [6.07, 6.45) is 7.47. The molecule has 2 N–H and O–H groups in total. The van der Waals surface area contributed by atoms with Crippen molar-refractivity contribution < 1.29 is 4.79 Å². The van der Waals surface area contributed by atoms with Crippen LogP contribution in [0.2, 0.25) is 0 Å². The van der Waals surface area contributed by atoms with Gasteiger partial charge in [-0.05, 0) is 37.7 Å². The zero-order valence-electron chi connectivity index (χ0n) is 15.9. The predicted octanol–water partition coefficient (Wildman–Crippen LogP) is 3.10. The number of urea groups is 1. The molecule has 2 aliphatic rings. The van der Waals surface area contributed by atoms with Gasteiger partial charge in [-0.2, -0.15) is 0 Å². The number of aryl methyl sites for hydroxylation is 1. The first-order valence-corrected chi connectivity index (χ1v) is 10.4. The number of carbonyl (C=O) groups excluding carboxylic acids is 1. The Morgan fingerprint density at radius 2 is 2.07 bits per heavy atom. The molecule has 3 aromatic rings. The minimum atomic E-state index is -0.0292. The first-order chi connectivity index (χ1) is 13.6. The maximum Gasteiger partial charge on any atom is 0.323 e. The van der Waals surface area contributed by atoms with Crippen molar-refractivity contribution in [1.82, 2.24) is 24.8 Å². The molecule has 2 unspecified atom stereocenters. The molecule has 4 heterocycles. The fourth-order valence-electron chi connectivity index (χ4n) is 4.65. The summed E-state index contributed by atoms with van der Waals surface area (Å²) in [4.78, 5) is 34.1. The SMILES string of the molecule is Cc1cnc(NC(=O)N2CC3CC(N(C)c4ncnc5[nH]ccc45)C[C@@H]3C2)s1. The van der Waals surface area contributed by atoms with Crippen LogP contribution in [0.25, 0.3) is 11.0 Å². The number of thiazole rings is 1. The number of anilines is 2. The summed E-state index contributed by atoms with van der Waals surface area (Å²) in [6.45, 7) is 3.62. The lowest BCUT2D eigenvalue weighted by atomic mass is 10.0. The summed E-state index contributed by atoms with van der Waals surface area (Å²) in [6, 6.07) is 2.44. The lowest BCUT2D eigenvalue weighted by molar-refractivity contribution is 0.218. The molecule has 0 bridgehead atoms. The average Bonchev–Trinajstić information content (AvgIpc) is 3.43. The summed E-state index contributed by atoms with van der Waals surface area (Å²) in [7, 11) is 2.12. The minimum absolute atomic E-state index is 0.0292. The second-order valence-electron chi connectivity index (χ2n) is 7.80. The van der Waals surface area contributed by atoms with Crippen LogP contribution in [0.1, 0.15) is 17.7 Å². The number of aromatic nitrogens is 4. The van der Waals surface area contributed by atoms with Crippen LogP contribution in [0.5, 0.6) is 0 Å². The Balaban J connectivity index is 1.23. The van der Waals surface area contributed by atoms with Crippen LogP contribution < -0.4 is 10.2 Å². The zero-order valence-corrected chi connectivity index (χ0v) is 16.7. The number of carbonyl (C=O) groups is 1. The Morgan fingerprint density at radius 1 is 1.29 bits per heavy atom. The number of H-pyrrole nitrogens is 1. The van der Waals surface area contributed by atoms with E-state index >= 15 is 0 Å². The van der Waals surface area contributed by atoms with Crippen LogP contribution in [0, 0.1) is 18.8 Å². The normalized spacial score (nSPS) is 23.9. The van der Waals surface area contributed by atoms with Crippen molar-refractivity contribution in [3.05, 3.63) is 29.7 Å². The largest absolute Gasteiger partial charge is 0.356 e. The highest BCUT2D eigenvalue weighted by Crippen LogP contribution is 2.41. The Kier molecular flexibility index (Phi) is 4.19. The van der Waals surface area contributed by atoms with Gasteiger partial charge >= 0.3 is 6.03 Å². The van der Waals surface area contributed by atoms with Crippen molar-refractivity contribution in [2.45, 2.75) is 25.8 Å². The van der Waals surface area contributed by atoms with Gasteiger partial charge in [-0.1, -0.05) is 0 Å². The summed E-state index contributed by atoms with van der Waals surface area (Å²) >= 11 is 1.51. The molecule has 1 aliphatic carbocycles. The smallest absolute Gasteiger partial charge is 0.323 e. The van der Waals surface area contributed by atoms with Gasteiger partial charge in [0.05, 0.1) is 5.39 Å². The van der Waals surface area contributed by atoms with E-state index < -0.39 is 0 Å². The number of hydrogen-bond acceptors (Lipinski definition) is 6. The van der Waals surface area contributed by atoms with E-state index in [1.165, 1.54) is 11.3 Å². The van der Waals surface area contributed by atoms with E-state index in [0.717, 1.165) is 47.7 Å². The van der Waals surface area contributed by atoms with Crippen LogP contribution >= 0.6 is 11.3 Å². The predicted molar refractivity (Wildman–Crippen MR) is 110 cm³/mol. The van der Waals surface area contributed by atoms with E-state index in [1.54, 1.807) is 12.5 Å². The summed E-state index contributed by atoms with van der Waals surface area (Å²) in [5.41, 5.74) is 0.871. The lowest BCUT2D eigenvalue weighted by Gasteiger charge is -2.28. The fourth-order valence-corrected chi connectivity index (χ4v) is 5.30. The molecule has 1 saturated heterocycles. The molecule has 2 amide bonds. The van der Waals surface area contributed by atoms with Gasteiger partial charge in [0.15, 0.2) is 5.13 Å². The molecule has 1 aliphatic heterocycles. The van der Waals surface area contributed by atoms with Crippen molar-refractivity contribution in [3.63, 3.8) is 0 Å². The Labute approximate surface area is 167 Å². The van der Waals surface area contributed by atoms with Crippen molar-refractivity contribution in [1.29, 1.82) is 0 Å². The van der Waals surface area contributed by atoms with Crippen LogP contribution in [0.15, 0.2) is 24.8 Å². The van der Waals surface area contributed by atoms with Crippen LogP contribution in [0.3, 0.4) is 0 Å². The van der Waals surface area contributed by atoms with E-state index in [-0.39, 0.29) is 6.03 Å². The third-order valence-corrected chi connectivity index (χ3v) is 6.89. The van der Waals surface area contributed by atoms with Crippen molar-refractivity contribution >= 4 is 39.4 Å². The van der Waals surface area contributed by atoms with E-state index in [4.69, 9.17) is 0 Å². The topological polar surface area (TPSA) is 90.0 Å². The maximum atomic E-state index is 12.6. The molecule has 28 heavy (non-hydrogen) atoms. The zero-order chi connectivity index (χ0) is 19.3. The first kappa shape index (κ1) is 17.4. The summed E-state index contributed by atoms with van der Waals surface area (Å²) < 4.78 is 0. The van der Waals surface area contributed by atoms with Gasteiger partial charge in [0, 0.05) is 43.4 Å². The minimum Gasteiger partial charge on any atom is -0.356 e. The second kappa shape index (κ2) is 6.73. The van der Waals surface area contributed by atoms with Crippen LogP contribution in [-0.4, -0.2) is 57.0 Å². The van der Waals surface area contributed by atoms with E-state index in [0.29, 0.717) is 23.0 Å². The first-order valence-electron chi connectivity index (χ1n) is 9.58. The number of fused-ring (bicyclic) bond motifs is 2. The van der Waals surface area contributed by atoms with Gasteiger partial charge in [0.25, 0.3) is 0 Å². The number of likely N-dealkylation sites (tertiary alicyclic amines) is 1. The molecule has 3 atom stereocenters. The maximum absolute atomic E-state index is 12.6. The second-order valence-corrected chi connectivity index (χ2v) is 9.04. The molecule has 5 rings (SSSR count).